The topological polar surface area (TPSA) is 9.23 Å². The lowest BCUT2D eigenvalue weighted by Gasteiger charge is -2.06. The zero-order chi connectivity index (χ0) is 9.14. The number of halogens is 3. The Morgan fingerprint density at radius 2 is 2.00 bits per heavy atom. The summed E-state index contributed by atoms with van der Waals surface area (Å²) in [5.41, 5.74) is 0.961. The molecule has 0 atom stereocenters. The number of methoxy groups -OCH3 is 1. The minimum absolute atomic E-state index is 0.580. The number of benzene rings is 1. The Morgan fingerprint density at radius 1 is 1.33 bits per heavy atom. The Kier molecular flexibility index (Phi) is 3.69. The summed E-state index contributed by atoms with van der Waals surface area (Å²) < 4.78 is 4.99. The van der Waals surface area contributed by atoms with Crippen molar-refractivity contribution < 1.29 is 4.74 Å². The first-order chi connectivity index (χ1) is 5.69. The van der Waals surface area contributed by atoms with Gasteiger partial charge in [-0.2, -0.15) is 0 Å². The van der Waals surface area contributed by atoms with Crippen LogP contribution < -0.4 is 4.74 Å². The molecular formula is C8H7BrCl2O. The molecule has 66 valence electrons. The molecule has 4 heteroatoms. The maximum atomic E-state index is 5.91. The van der Waals surface area contributed by atoms with E-state index in [1.54, 1.807) is 19.2 Å². The first-order valence-electron chi connectivity index (χ1n) is 3.27. The average molecular weight is 270 g/mol. The van der Waals surface area contributed by atoms with Gasteiger partial charge in [0.25, 0.3) is 0 Å². The fraction of sp³-hybridized carbons (Fsp3) is 0.250. The van der Waals surface area contributed by atoms with Crippen molar-refractivity contribution in [1.82, 2.24) is 0 Å². The predicted octanol–water partition coefficient (Wildman–Crippen LogP) is 3.90. The van der Waals surface area contributed by atoms with E-state index in [-0.39, 0.29) is 0 Å². The van der Waals surface area contributed by atoms with Gasteiger partial charge in [-0.15, -0.1) is 0 Å². The van der Waals surface area contributed by atoms with Gasteiger partial charge in [-0.25, -0.2) is 0 Å². The third-order valence-electron chi connectivity index (χ3n) is 1.46. The van der Waals surface area contributed by atoms with Crippen LogP contribution in [0.5, 0.6) is 5.75 Å². The highest BCUT2D eigenvalue weighted by Gasteiger charge is 2.05. The number of hydrogen-bond donors (Lipinski definition) is 0. The summed E-state index contributed by atoms with van der Waals surface area (Å²) in [5, 5.41) is 1.93. The predicted molar refractivity (Wildman–Crippen MR) is 55.6 cm³/mol. The Hall–Kier alpha value is 0.0800. The maximum absolute atomic E-state index is 5.91. The molecule has 0 aliphatic rings. The molecule has 0 saturated carbocycles. The Balaban J connectivity index is 3.16. The molecule has 0 N–H and O–H groups in total. The van der Waals surface area contributed by atoms with Crippen molar-refractivity contribution in [3.63, 3.8) is 0 Å². The van der Waals surface area contributed by atoms with E-state index in [1.165, 1.54) is 0 Å². The van der Waals surface area contributed by atoms with Gasteiger partial charge in [0.15, 0.2) is 0 Å². The number of rotatable bonds is 2. The molecule has 0 fully saturated rings. The lowest BCUT2D eigenvalue weighted by molar-refractivity contribution is 0.415. The van der Waals surface area contributed by atoms with E-state index in [0.717, 1.165) is 5.56 Å². The second-order valence-electron chi connectivity index (χ2n) is 2.21. The fourth-order valence-corrected chi connectivity index (χ4v) is 1.94. The second kappa shape index (κ2) is 4.35. The highest BCUT2D eigenvalue weighted by Crippen LogP contribution is 2.31. The molecule has 0 saturated heterocycles. The monoisotopic (exact) mass is 268 g/mol. The van der Waals surface area contributed by atoms with Crippen LogP contribution in [0.2, 0.25) is 10.0 Å². The van der Waals surface area contributed by atoms with Gasteiger partial charge in [0.05, 0.1) is 12.1 Å². The number of ether oxygens (including phenoxy) is 1. The van der Waals surface area contributed by atoms with Gasteiger partial charge >= 0.3 is 0 Å². The summed E-state index contributed by atoms with van der Waals surface area (Å²) in [6, 6.07) is 3.50. The van der Waals surface area contributed by atoms with Gasteiger partial charge in [-0.1, -0.05) is 39.1 Å². The summed E-state index contributed by atoms with van der Waals surface area (Å²) >= 11 is 15.1. The smallest absolute Gasteiger partial charge is 0.138 e. The van der Waals surface area contributed by atoms with Gasteiger partial charge < -0.3 is 4.74 Å². The molecule has 0 aromatic heterocycles. The molecule has 0 amide bonds. The van der Waals surface area contributed by atoms with E-state index in [4.69, 9.17) is 27.9 Å². The van der Waals surface area contributed by atoms with Crippen molar-refractivity contribution in [2.45, 2.75) is 5.33 Å². The van der Waals surface area contributed by atoms with E-state index in [2.05, 4.69) is 15.9 Å². The average Bonchev–Trinajstić information content (AvgIpc) is 2.08. The first-order valence-corrected chi connectivity index (χ1v) is 5.14. The van der Waals surface area contributed by atoms with Gasteiger partial charge in [0.2, 0.25) is 0 Å². The zero-order valence-corrected chi connectivity index (χ0v) is 9.50. The summed E-state index contributed by atoms with van der Waals surface area (Å²) in [6.45, 7) is 0. The molecule has 1 rings (SSSR count). The largest absolute Gasteiger partial charge is 0.495 e. The molecule has 0 bridgehead atoms. The first kappa shape index (κ1) is 10.2. The maximum Gasteiger partial charge on any atom is 0.138 e. The minimum atomic E-state index is 0.580. The standard InChI is InChI=1S/C8H7BrCl2O/c1-12-8-3-6(10)5(4-9)2-7(8)11/h2-3H,4H2,1H3. The molecule has 1 aromatic rings. The molecular weight excluding hydrogens is 263 g/mol. The zero-order valence-electron chi connectivity index (χ0n) is 6.40. The van der Waals surface area contributed by atoms with Crippen LogP contribution in [0.25, 0.3) is 0 Å². The molecule has 0 aliphatic heterocycles. The van der Waals surface area contributed by atoms with Crippen LogP contribution in [0.4, 0.5) is 0 Å². The quantitative estimate of drug-likeness (QED) is 0.740. The van der Waals surface area contributed by atoms with Crippen LogP contribution in [0, 0.1) is 0 Å². The van der Waals surface area contributed by atoms with Crippen molar-refractivity contribution >= 4 is 39.1 Å². The summed E-state index contributed by atoms with van der Waals surface area (Å²) in [4.78, 5) is 0. The molecule has 1 nitrogen and oxygen atoms in total. The van der Waals surface area contributed by atoms with Crippen molar-refractivity contribution in [2.24, 2.45) is 0 Å². The Labute approximate surface area is 89.7 Å². The Bertz CT molecular complexity index is 259. The van der Waals surface area contributed by atoms with Gasteiger partial charge in [-0.05, 0) is 11.6 Å². The molecule has 0 heterocycles. The van der Waals surface area contributed by atoms with Crippen LogP contribution in [0.15, 0.2) is 12.1 Å². The normalized spacial score (nSPS) is 10.0. The van der Waals surface area contributed by atoms with Gasteiger partial charge in [-0.3, -0.25) is 0 Å². The minimum Gasteiger partial charge on any atom is -0.495 e. The second-order valence-corrected chi connectivity index (χ2v) is 3.59. The van der Waals surface area contributed by atoms with Crippen molar-refractivity contribution in [3.05, 3.63) is 27.7 Å². The van der Waals surface area contributed by atoms with Crippen LogP contribution in [0.3, 0.4) is 0 Å². The van der Waals surface area contributed by atoms with E-state index >= 15 is 0 Å². The lowest BCUT2D eigenvalue weighted by atomic mass is 10.2. The van der Waals surface area contributed by atoms with Crippen molar-refractivity contribution in [1.29, 1.82) is 0 Å². The van der Waals surface area contributed by atoms with Gasteiger partial charge in [0.1, 0.15) is 5.75 Å². The molecule has 0 radical (unpaired) electrons. The van der Waals surface area contributed by atoms with E-state index in [0.29, 0.717) is 21.1 Å². The van der Waals surface area contributed by atoms with Crippen LogP contribution >= 0.6 is 39.1 Å². The van der Waals surface area contributed by atoms with Crippen molar-refractivity contribution in [2.75, 3.05) is 7.11 Å². The third-order valence-corrected chi connectivity index (χ3v) is 2.72. The van der Waals surface area contributed by atoms with Gasteiger partial charge in [0, 0.05) is 16.4 Å². The lowest BCUT2D eigenvalue weighted by Crippen LogP contribution is -1.87. The number of hydrogen-bond acceptors (Lipinski definition) is 1. The summed E-state index contributed by atoms with van der Waals surface area (Å²) in [7, 11) is 1.56. The molecule has 1 aromatic carbocycles. The fourth-order valence-electron chi connectivity index (χ4n) is 0.829. The van der Waals surface area contributed by atoms with Crippen LogP contribution in [0.1, 0.15) is 5.56 Å². The third kappa shape index (κ3) is 2.06. The highest BCUT2D eigenvalue weighted by molar-refractivity contribution is 9.08. The molecule has 0 aliphatic carbocycles. The van der Waals surface area contributed by atoms with Crippen LogP contribution in [-0.2, 0) is 5.33 Å². The summed E-state index contributed by atoms with van der Waals surface area (Å²) in [6.07, 6.45) is 0. The van der Waals surface area contributed by atoms with Crippen LogP contribution in [-0.4, -0.2) is 7.11 Å². The highest BCUT2D eigenvalue weighted by atomic mass is 79.9. The van der Waals surface area contributed by atoms with E-state index in [9.17, 15) is 0 Å². The SMILES string of the molecule is COc1cc(Cl)c(CBr)cc1Cl. The summed E-state index contributed by atoms with van der Waals surface area (Å²) in [5.74, 6) is 0.603. The van der Waals surface area contributed by atoms with E-state index in [1.807, 2.05) is 0 Å². The number of alkyl halides is 1. The van der Waals surface area contributed by atoms with Crippen molar-refractivity contribution in [3.8, 4) is 5.75 Å². The Morgan fingerprint density at radius 3 is 2.50 bits per heavy atom. The molecule has 0 spiro atoms. The molecule has 0 unspecified atom stereocenters. The molecule has 12 heavy (non-hydrogen) atoms. The van der Waals surface area contributed by atoms with E-state index < -0.39 is 0 Å².